The van der Waals surface area contributed by atoms with Gasteiger partial charge in [0, 0.05) is 36.9 Å². The van der Waals surface area contributed by atoms with Crippen LogP contribution in [0.1, 0.15) is 24.2 Å². The molecule has 1 aromatic carbocycles. The molecule has 1 saturated heterocycles. The van der Waals surface area contributed by atoms with Crippen molar-refractivity contribution in [3.05, 3.63) is 64.5 Å². The van der Waals surface area contributed by atoms with Gasteiger partial charge in [-0.1, -0.05) is 18.2 Å². The first-order valence-corrected chi connectivity index (χ1v) is 9.93. The van der Waals surface area contributed by atoms with Crippen LogP contribution in [0.5, 0.6) is 0 Å². The molecular weight excluding hydrogens is 368 g/mol. The van der Waals surface area contributed by atoms with Crippen molar-refractivity contribution in [1.82, 2.24) is 19.0 Å². The van der Waals surface area contributed by atoms with Gasteiger partial charge < -0.3 is 14.6 Å². The van der Waals surface area contributed by atoms with E-state index in [1.165, 1.54) is 0 Å². The quantitative estimate of drug-likeness (QED) is 0.733. The highest BCUT2D eigenvalue weighted by Crippen LogP contribution is 2.25. The molecule has 4 rings (SSSR count). The third kappa shape index (κ3) is 3.82. The molecule has 3 aromatic rings. The Balaban J connectivity index is 1.47. The molecule has 2 aromatic heterocycles. The average Bonchev–Trinajstić information content (AvgIpc) is 3.09. The number of hydrogen-bond acceptors (Lipinski definition) is 4. The molecule has 1 N–H and O–H groups in total. The maximum Gasteiger partial charge on any atom is 0.251 e. The summed E-state index contributed by atoms with van der Waals surface area (Å²) in [6.07, 6.45) is 4.58. The van der Waals surface area contributed by atoms with Crippen molar-refractivity contribution < 1.29 is 9.90 Å². The van der Waals surface area contributed by atoms with Gasteiger partial charge in [0.1, 0.15) is 12.4 Å². The molecule has 7 heteroatoms. The number of rotatable bonds is 4. The Morgan fingerprint density at radius 3 is 2.62 bits per heavy atom. The minimum atomic E-state index is -0.852. The molecule has 0 spiro atoms. The fourth-order valence-corrected chi connectivity index (χ4v) is 4.12. The van der Waals surface area contributed by atoms with Crippen molar-refractivity contribution in [3.63, 3.8) is 0 Å². The van der Waals surface area contributed by atoms with Crippen LogP contribution in [0.25, 0.3) is 10.9 Å². The maximum atomic E-state index is 12.9. The van der Waals surface area contributed by atoms with E-state index in [1.807, 2.05) is 48.9 Å². The number of fused-ring (bicyclic) bond motifs is 1. The molecule has 29 heavy (non-hydrogen) atoms. The predicted molar refractivity (Wildman–Crippen MR) is 111 cm³/mol. The van der Waals surface area contributed by atoms with Gasteiger partial charge in [0.05, 0.1) is 17.7 Å². The molecule has 0 aliphatic carbocycles. The number of benzene rings is 1. The first-order chi connectivity index (χ1) is 13.9. The van der Waals surface area contributed by atoms with Crippen LogP contribution in [0.15, 0.2) is 47.5 Å². The number of hydrogen-bond donors (Lipinski definition) is 1. The van der Waals surface area contributed by atoms with Crippen molar-refractivity contribution in [2.75, 3.05) is 13.1 Å². The van der Waals surface area contributed by atoms with Crippen molar-refractivity contribution in [2.45, 2.75) is 45.4 Å². The number of likely N-dealkylation sites (tertiary alicyclic amines) is 1. The number of pyridine rings is 1. The van der Waals surface area contributed by atoms with Gasteiger partial charge in [-0.3, -0.25) is 14.2 Å². The van der Waals surface area contributed by atoms with Crippen molar-refractivity contribution in [2.24, 2.45) is 0 Å². The smallest absolute Gasteiger partial charge is 0.251 e. The Morgan fingerprint density at radius 1 is 1.21 bits per heavy atom. The predicted octanol–water partition coefficient (Wildman–Crippen LogP) is 1.87. The van der Waals surface area contributed by atoms with Gasteiger partial charge in [0.15, 0.2) is 0 Å². The highest BCUT2D eigenvalue weighted by Gasteiger charge is 2.34. The molecule has 0 unspecified atom stereocenters. The van der Waals surface area contributed by atoms with Crippen molar-refractivity contribution >= 4 is 16.8 Å². The van der Waals surface area contributed by atoms with Gasteiger partial charge in [0.2, 0.25) is 5.91 Å². The van der Waals surface area contributed by atoms with E-state index < -0.39 is 5.60 Å². The lowest BCUT2D eigenvalue weighted by Gasteiger charge is -2.38. The number of amides is 1. The number of carbonyl (C=O) groups excluding carboxylic acids is 1. The summed E-state index contributed by atoms with van der Waals surface area (Å²) in [6.45, 7) is 5.25. The topological polar surface area (TPSA) is 80.4 Å². The lowest BCUT2D eigenvalue weighted by Crippen LogP contribution is -2.49. The second-order valence-corrected chi connectivity index (χ2v) is 7.98. The SMILES string of the molecule is Cc1cc(=O)n(CC(=O)N2CCC(O)(Cn3ccnc3C)CC2)c2ccccc12. The second-order valence-electron chi connectivity index (χ2n) is 7.98. The number of aryl methyl sites for hydroxylation is 2. The van der Waals surface area contributed by atoms with Gasteiger partial charge in [0.25, 0.3) is 5.56 Å². The molecule has 0 bridgehead atoms. The van der Waals surface area contributed by atoms with Crippen LogP contribution in [0.2, 0.25) is 0 Å². The van der Waals surface area contributed by atoms with Gasteiger partial charge >= 0.3 is 0 Å². The molecule has 7 nitrogen and oxygen atoms in total. The van der Waals surface area contributed by atoms with Crippen LogP contribution in [0.4, 0.5) is 0 Å². The minimum Gasteiger partial charge on any atom is -0.388 e. The zero-order chi connectivity index (χ0) is 20.6. The van der Waals surface area contributed by atoms with E-state index in [4.69, 9.17) is 0 Å². The zero-order valence-electron chi connectivity index (χ0n) is 16.8. The maximum absolute atomic E-state index is 12.9. The van der Waals surface area contributed by atoms with E-state index in [0.29, 0.717) is 32.5 Å². The lowest BCUT2D eigenvalue weighted by atomic mass is 9.91. The number of nitrogens with zero attached hydrogens (tertiary/aromatic N) is 4. The third-order valence-electron chi connectivity index (χ3n) is 5.95. The fraction of sp³-hybridized carbons (Fsp3) is 0.409. The molecule has 152 valence electrons. The molecular formula is C22H26N4O3. The van der Waals surface area contributed by atoms with Crippen LogP contribution in [-0.4, -0.2) is 48.7 Å². The highest BCUT2D eigenvalue weighted by atomic mass is 16.3. The Bertz CT molecular complexity index is 1110. The summed E-state index contributed by atoms with van der Waals surface area (Å²) in [5, 5.41) is 11.9. The highest BCUT2D eigenvalue weighted by molar-refractivity contribution is 5.84. The van der Waals surface area contributed by atoms with Crippen molar-refractivity contribution in [3.8, 4) is 0 Å². The van der Waals surface area contributed by atoms with E-state index in [1.54, 1.807) is 21.7 Å². The second kappa shape index (κ2) is 7.48. The Hall–Kier alpha value is -2.93. The van der Waals surface area contributed by atoms with E-state index in [-0.39, 0.29) is 18.0 Å². The lowest BCUT2D eigenvalue weighted by molar-refractivity contribution is -0.136. The standard InChI is InChI=1S/C22H26N4O3/c1-16-13-20(27)26(19-6-4-3-5-18(16)19)14-21(28)24-10-7-22(29,8-11-24)15-25-12-9-23-17(25)2/h3-6,9,12-13,29H,7-8,10-11,14-15H2,1-2H3. The van der Waals surface area contributed by atoms with Crippen LogP contribution in [-0.2, 0) is 17.9 Å². The largest absolute Gasteiger partial charge is 0.388 e. The Morgan fingerprint density at radius 2 is 1.93 bits per heavy atom. The minimum absolute atomic E-state index is 0.0126. The molecule has 1 amide bonds. The summed E-state index contributed by atoms with van der Waals surface area (Å²) in [5.41, 5.74) is 0.663. The van der Waals surface area contributed by atoms with E-state index >= 15 is 0 Å². The van der Waals surface area contributed by atoms with Gasteiger partial charge in [-0.25, -0.2) is 4.98 Å². The summed E-state index contributed by atoms with van der Waals surface area (Å²) in [4.78, 5) is 31.4. The molecule has 0 saturated carbocycles. The Labute approximate surface area is 169 Å². The van der Waals surface area contributed by atoms with Crippen LogP contribution in [0, 0.1) is 13.8 Å². The summed E-state index contributed by atoms with van der Waals surface area (Å²) in [6, 6.07) is 9.22. The van der Waals surface area contributed by atoms with Gasteiger partial charge in [-0.2, -0.15) is 0 Å². The molecule has 0 radical (unpaired) electrons. The fourth-order valence-electron chi connectivity index (χ4n) is 4.12. The van der Waals surface area contributed by atoms with Crippen LogP contribution in [0.3, 0.4) is 0 Å². The van der Waals surface area contributed by atoms with E-state index in [9.17, 15) is 14.7 Å². The number of piperidine rings is 1. The average molecular weight is 394 g/mol. The first kappa shape index (κ1) is 19.4. The summed E-state index contributed by atoms with van der Waals surface area (Å²) in [5.74, 6) is 0.768. The number of imidazole rings is 1. The number of aliphatic hydroxyl groups is 1. The molecule has 3 heterocycles. The Kier molecular flexibility index (Phi) is 5.00. The number of para-hydroxylation sites is 1. The normalized spacial score (nSPS) is 16.3. The van der Waals surface area contributed by atoms with E-state index in [2.05, 4.69) is 4.98 Å². The molecule has 1 aliphatic rings. The summed E-state index contributed by atoms with van der Waals surface area (Å²) in [7, 11) is 0. The molecule has 1 fully saturated rings. The third-order valence-corrected chi connectivity index (χ3v) is 5.95. The van der Waals surface area contributed by atoms with Gasteiger partial charge in [-0.15, -0.1) is 0 Å². The van der Waals surface area contributed by atoms with Crippen LogP contribution < -0.4 is 5.56 Å². The van der Waals surface area contributed by atoms with Gasteiger partial charge in [-0.05, 0) is 38.3 Å². The monoisotopic (exact) mass is 394 g/mol. The molecule has 1 aliphatic heterocycles. The zero-order valence-corrected chi connectivity index (χ0v) is 16.8. The summed E-state index contributed by atoms with van der Waals surface area (Å²) < 4.78 is 3.48. The number of aromatic nitrogens is 3. The molecule has 0 atom stereocenters. The van der Waals surface area contributed by atoms with Crippen LogP contribution >= 0.6 is 0 Å². The first-order valence-electron chi connectivity index (χ1n) is 9.93. The number of carbonyl (C=O) groups is 1. The van der Waals surface area contributed by atoms with E-state index in [0.717, 1.165) is 22.3 Å². The van der Waals surface area contributed by atoms with Crippen molar-refractivity contribution in [1.29, 1.82) is 0 Å². The summed E-state index contributed by atoms with van der Waals surface area (Å²) >= 11 is 0.